The molecule has 0 aliphatic carbocycles. The van der Waals surface area contributed by atoms with Gasteiger partial charge in [-0.25, -0.2) is 4.68 Å². The Morgan fingerprint density at radius 2 is 2.20 bits per heavy atom. The maximum atomic E-state index is 12.4. The first kappa shape index (κ1) is 17.7. The first-order valence-corrected chi connectivity index (χ1v) is 8.75. The Labute approximate surface area is 151 Å². The van der Waals surface area contributed by atoms with E-state index in [0.717, 1.165) is 31.8 Å². The second-order valence-electron chi connectivity index (χ2n) is 6.15. The Balaban J connectivity index is 1.63. The van der Waals surface area contributed by atoms with E-state index in [2.05, 4.69) is 20.7 Å². The summed E-state index contributed by atoms with van der Waals surface area (Å²) in [6, 6.07) is 6.95. The molecule has 25 heavy (non-hydrogen) atoms. The van der Waals surface area contributed by atoms with Crippen molar-refractivity contribution < 1.29 is 9.53 Å². The molecule has 1 saturated heterocycles. The average molecular weight is 364 g/mol. The van der Waals surface area contributed by atoms with Gasteiger partial charge in [-0.1, -0.05) is 17.7 Å². The zero-order chi connectivity index (χ0) is 17.8. The van der Waals surface area contributed by atoms with Crippen LogP contribution in [0.5, 0.6) is 5.75 Å². The van der Waals surface area contributed by atoms with Crippen LogP contribution >= 0.6 is 11.6 Å². The number of anilines is 1. The van der Waals surface area contributed by atoms with E-state index >= 15 is 0 Å². The molecule has 0 radical (unpaired) electrons. The summed E-state index contributed by atoms with van der Waals surface area (Å²) in [5.41, 5.74) is 0. The normalized spacial score (nSPS) is 16.4. The molecule has 0 spiro atoms. The summed E-state index contributed by atoms with van der Waals surface area (Å²) in [6.07, 6.45) is 1.33. The van der Waals surface area contributed by atoms with Crippen molar-refractivity contribution >= 4 is 23.5 Å². The number of amides is 1. The van der Waals surface area contributed by atoms with Crippen LogP contribution in [0.15, 0.2) is 24.3 Å². The number of rotatable bonds is 5. The number of benzene rings is 1. The van der Waals surface area contributed by atoms with Gasteiger partial charge in [0.25, 0.3) is 5.91 Å². The minimum absolute atomic E-state index is 0.285. The summed E-state index contributed by atoms with van der Waals surface area (Å²) in [4.78, 5) is 16.9. The molecule has 134 valence electrons. The average Bonchev–Trinajstić information content (AvgIpc) is 2.96. The third-order valence-corrected chi connectivity index (χ3v) is 4.43. The van der Waals surface area contributed by atoms with Gasteiger partial charge in [-0.3, -0.25) is 10.1 Å². The monoisotopic (exact) mass is 363 g/mol. The topological polar surface area (TPSA) is 81.1 Å². The lowest BCUT2D eigenvalue weighted by atomic mass is 9.98. The van der Waals surface area contributed by atoms with Gasteiger partial charge in [0, 0.05) is 18.0 Å². The van der Waals surface area contributed by atoms with Gasteiger partial charge in [-0.2, -0.15) is 10.1 Å². The van der Waals surface area contributed by atoms with Crippen LogP contribution in [0, 0.1) is 0 Å². The van der Waals surface area contributed by atoms with Gasteiger partial charge in [-0.05, 0) is 51.1 Å². The lowest BCUT2D eigenvalue weighted by Crippen LogP contribution is -2.31. The molecule has 2 aromatic rings. The van der Waals surface area contributed by atoms with E-state index < -0.39 is 6.10 Å². The minimum Gasteiger partial charge on any atom is -0.481 e. The van der Waals surface area contributed by atoms with Crippen molar-refractivity contribution in [3.8, 4) is 5.75 Å². The zero-order valence-corrected chi connectivity index (χ0v) is 15.1. The molecule has 8 heteroatoms. The number of piperidine rings is 1. The van der Waals surface area contributed by atoms with E-state index in [0.29, 0.717) is 22.6 Å². The predicted octanol–water partition coefficient (Wildman–Crippen LogP) is 2.34. The van der Waals surface area contributed by atoms with Gasteiger partial charge >= 0.3 is 0 Å². The summed E-state index contributed by atoms with van der Waals surface area (Å²) >= 11 is 5.93. The summed E-state index contributed by atoms with van der Waals surface area (Å²) in [7, 11) is 1.77. The zero-order valence-electron chi connectivity index (χ0n) is 14.3. The van der Waals surface area contributed by atoms with E-state index in [4.69, 9.17) is 16.3 Å². The highest BCUT2D eigenvalue weighted by Crippen LogP contribution is 2.23. The third-order valence-electron chi connectivity index (χ3n) is 4.20. The van der Waals surface area contributed by atoms with Crippen LogP contribution in [0.2, 0.25) is 5.02 Å². The van der Waals surface area contributed by atoms with E-state index in [1.54, 1.807) is 42.9 Å². The van der Waals surface area contributed by atoms with Crippen molar-refractivity contribution in [1.29, 1.82) is 0 Å². The number of carbonyl (C=O) groups excluding carboxylic acids is 1. The Hall–Kier alpha value is -2.12. The van der Waals surface area contributed by atoms with Crippen LogP contribution in [0.1, 0.15) is 31.5 Å². The first-order valence-electron chi connectivity index (χ1n) is 8.37. The van der Waals surface area contributed by atoms with Gasteiger partial charge in [0.1, 0.15) is 5.75 Å². The quantitative estimate of drug-likeness (QED) is 0.852. The molecule has 2 N–H and O–H groups in total. The number of carbonyl (C=O) groups is 1. The second kappa shape index (κ2) is 7.84. The van der Waals surface area contributed by atoms with Crippen molar-refractivity contribution in [2.75, 3.05) is 18.4 Å². The largest absolute Gasteiger partial charge is 0.481 e. The maximum absolute atomic E-state index is 12.4. The molecule has 7 nitrogen and oxygen atoms in total. The summed E-state index contributed by atoms with van der Waals surface area (Å²) in [5, 5.41) is 11.1. The van der Waals surface area contributed by atoms with Crippen LogP contribution in [0.25, 0.3) is 0 Å². The Morgan fingerprint density at radius 3 is 2.92 bits per heavy atom. The fraction of sp³-hybridized carbons (Fsp3) is 0.471. The molecule has 1 aliphatic heterocycles. The number of halogens is 1. The highest BCUT2D eigenvalue weighted by atomic mass is 35.5. The molecule has 2 heterocycles. The molecule has 1 amide bonds. The van der Waals surface area contributed by atoms with Gasteiger partial charge in [0.2, 0.25) is 5.95 Å². The van der Waals surface area contributed by atoms with Crippen LogP contribution in [-0.2, 0) is 11.8 Å². The Morgan fingerprint density at radius 1 is 1.44 bits per heavy atom. The van der Waals surface area contributed by atoms with E-state index in [1.807, 2.05) is 0 Å². The molecular weight excluding hydrogens is 342 g/mol. The van der Waals surface area contributed by atoms with Crippen LogP contribution in [0.3, 0.4) is 0 Å². The summed E-state index contributed by atoms with van der Waals surface area (Å²) in [6.45, 7) is 3.62. The molecule has 1 atom stereocenters. The molecule has 3 rings (SSSR count). The lowest BCUT2D eigenvalue weighted by molar-refractivity contribution is -0.122. The van der Waals surface area contributed by atoms with Gasteiger partial charge < -0.3 is 10.1 Å². The molecule has 1 unspecified atom stereocenters. The van der Waals surface area contributed by atoms with Crippen molar-refractivity contribution in [2.45, 2.75) is 31.8 Å². The smallest absolute Gasteiger partial charge is 0.267 e. The number of hydrogen-bond donors (Lipinski definition) is 2. The summed E-state index contributed by atoms with van der Waals surface area (Å²) < 4.78 is 7.23. The summed E-state index contributed by atoms with van der Waals surface area (Å²) in [5.74, 6) is 1.80. The van der Waals surface area contributed by atoms with Gasteiger partial charge in [0.15, 0.2) is 11.9 Å². The standard InChI is InChI=1S/C17H22ClN5O2/c1-11(25-14-5-3-4-13(18)10-14)16(24)21-17-20-15(22-23(17)2)12-6-8-19-9-7-12/h3-5,10-12,19H,6-9H2,1-2H3,(H,20,21,22,24). The molecule has 1 aromatic heterocycles. The lowest BCUT2D eigenvalue weighted by Gasteiger charge is -2.19. The van der Waals surface area contributed by atoms with Crippen LogP contribution < -0.4 is 15.4 Å². The second-order valence-corrected chi connectivity index (χ2v) is 6.58. The van der Waals surface area contributed by atoms with E-state index in [9.17, 15) is 4.79 Å². The number of nitrogens with zero attached hydrogens (tertiary/aromatic N) is 3. The fourth-order valence-corrected chi connectivity index (χ4v) is 2.96. The number of aromatic nitrogens is 3. The number of ether oxygens (including phenoxy) is 1. The van der Waals surface area contributed by atoms with Crippen molar-refractivity contribution in [1.82, 2.24) is 20.1 Å². The van der Waals surface area contributed by atoms with Gasteiger partial charge in [0.05, 0.1) is 0 Å². The Kier molecular flexibility index (Phi) is 5.55. The molecule has 1 fully saturated rings. The minimum atomic E-state index is -0.683. The molecule has 0 bridgehead atoms. The van der Waals surface area contributed by atoms with E-state index in [1.165, 1.54) is 0 Å². The number of hydrogen-bond acceptors (Lipinski definition) is 5. The molecule has 1 aliphatic rings. The Bertz CT molecular complexity index is 742. The van der Waals surface area contributed by atoms with Crippen LogP contribution in [0.4, 0.5) is 5.95 Å². The van der Waals surface area contributed by atoms with E-state index in [-0.39, 0.29) is 5.91 Å². The molecule has 1 aromatic carbocycles. The highest BCUT2D eigenvalue weighted by Gasteiger charge is 2.23. The fourth-order valence-electron chi connectivity index (χ4n) is 2.78. The van der Waals surface area contributed by atoms with Crippen molar-refractivity contribution in [3.05, 3.63) is 35.1 Å². The SMILES string of the molecule is CC(Oc1cccc(Cl)c1)C(=O)Nc1nc(C2CCNCC2)nn1C. The predicted molar refractivity (Wildman–Crippen MR) is 96.0 cm³/mol. The van der Waals surface area contributed by atoms with Gasteiger partial charge in [-0.15, -0.1) is 0 Å². The van der Waals surface area contributed by atoms with Crippen molar-refractivity contribution in [2.24, 2.45) is 7.05 Å². The third kappa shape index (κ3) is 4.49. The number of nitrogens with one attached hydrogen (secondary N) is 2. The van der Waals surface area contributed by atoms with Crippen molar-refractivity contribution in [3.63, 3.8) is 0 Å². The number of aryl methyl sites for hydroxylation is 1. The maximum Gasteiger partial charge on any atom is 0.267 e. The highest BCUT2D eigenvalue weighted by molar-refractivity contribution is 6.30. The molecule has 0 saturated carbocycles. The first-order chi connectivity index (χ1) is 12.0. The molecular formula is C17H22ClN5O2. The van der Waals surface area contributed by atoms with Crippen LogP contribution in [-0.4, -0.2) is 39.9 Å².